The first-order valence-electron chi connectivity index (χ1n) is 14.9. The lowest BCUT2D eigenvalue weighted by molar-refractivity contribution is -0.389. The van der Waals surface area contributed by atoms with Gasteiger partial charge in [-0.25, -0.2) is 4.57 Å². The van der Waals surface area contributed by atoms with Crippen LogP contribution < -0.4 is 0 Å². The van der Waals surface area contributed by atoms with Gasteiger partial charge in [-0.2, -0.15) is 0 Å². The highest BCUT2D eigenvalue weighted by atomic mass is 31.2. The molecular weight excluding hydrogens is 703 g/mol. The fourth-order valence-corrected chi connectivity index (χ4v) is 6.03. The van der Waals surface area contributed by atoms with Crippen LogP contribution >= 0.6 is 7.82 Å². The highest BCUT2D eigenvalue weighted by Gasteiger charge is 2.55. The molecule has 0 bridgehead atoms. The van der Waals surface area contributed by atoms with Crippen molar-refractivity contribution in [3.8, 4) is 0 Å². The van der Waals surface area contributed by atoms with Gasteiger partial charge in [0.25, 0.3) is 0 Å². The van der Waals surface area contributed by atoms with Gasteiger partial charge < -0.3 is 109 Å². The highest BCUT2D eigenvalue weighted by Crippen LogP contribution is 2.39. The summed E-state index contributed by atoms with van der Waals surface area (Å²) >= 11 is 0. The van der Waals surface area contributed by atoms with Gasteiger partial charge in [-0.05, 0) is 0 Å². The Kier molecular flexibility index (Phi) is 14.2. The van der Waals surface area contributed by atoms with E-state index in [1.54, 1.807) is 0 Å². The van der Waals surface area contributed by atoms with Crippen molar-refractivity contribution in [3.63, 3.8) is 0 Å². The van der Waals surface area contributed by atoms with Crippen molar-refractivity contribution in [2.75, 3.05) is 26.4 Å². The summed E-state index contributed by atoms with van der Waals surface area (Å²) in [4.78, 5) is 18.4. The zero-order chi connectivity index (χ0) is 36.5. The molecule has 0 radical (unpaired) electrons. The summed E-state index contributed by atoms with van der Waals surface area (Å²) in [7, 11) is -5.21. The van der Waals surface area contributed by atoms with Crippen LogP contribution in [0.5, 0.6) is 0 Å². The molecule has 4 fully saturated rings. The lowest BCUT2D eigenvalue weighted by atomic mass is 9.95. The molecule has 4 aliphatic rings. The SMILES string of the molecule is O=P(O)(O)OC[C@H]1O[C@@H](O[C@H]2[C@H](O)[C@H](O)C(O)O[C@@H]2CO)[C@H](O)[C@@H](O[C@@H]2O[C@H](CO)[C@H](O)[C@H](O[C@@H]3O[C@H](CO)[C@@H](O)[C@H](O)[C@H]3O)[C@H]2O)[C@H]1O. The Bertz CT molecular complexity index is 1080. The van der Waals surface area contributed by atoms with Crippen LogP contribution in [0.4, 0.5) is 0 Å². The molecule has 4 heterocycles. The zero-order valence-electron chi connectivity index (χ0n) is 25.2. The van der Waals surface area contributed by atoms with Crippen molar-refractivity contribution in [2.24, 2.45) is 0 Å². The van der Waals surface area contributed by atoms with Gasteiger partial charge in [-0.15, -0.1) is 0 Å². The molecule has 0 aliphatic carbocycles. The van der Waals surface area contributed by atoms with E-state index in [1.165, 1.54) is 0 Å². The normalized spacial score (nSPS) is 49.9. The number of hydrogen-bond donors (Lipinski definition) is 15. The fourth-order valence-electron chi connectivity index (χ4n) is 5.69. The van der Waals surface area contributed by atoms with Gasteiger partial charge in [0.15, 0.2) is 25.2 Å². The minimum Gasteiger partial charge on any atom is -0.394 e. The summed E-state index contributed by atoms with van der Waals surface area (Å²) in [5.74, 6) is 0. The fraction of sp³-hybridized carbons (Fsp3) is 1.00. The number of phosphoric ester groups is 1. The summed E-state index contributed by atoms with van der Waals surface area (Å²) in [6.45, 7) is -3.83. The molecule has 0 aromatic heterocycles. The van der Waals surface area contributed by atoms with E-state index in [0.717, 1.165) is 0 Å². The third-order valence-electron chi connectivity index (χ3n) is 8.43. The molecule has 1 unspecified atom stereocenters. The second kappa shape index (κ2) is 17.0. The third kappa shape index (κ3) is 9.10. The van der Waals surface area contributed by atoms with Crippen LogP contribution in [0.25, 0.3) is 0 Å². The maximum atomic E-state index is 11.4. The van der Waals surface area contributed by atoms with E-state index in [0.29, 0.717) is 0 Å². The molecule has 4 saturated heterocycles. The topological polar surface area (TPSA) is 394 Å². The van der Waals surface area contributed by atoms with Crippen LogP contribution in [0.2, 0.25) is 0 Å². The van der Waals surface area contributed by atoms with E-state index in [1.807, 2.05) is 0 Å². The standard InChI is InChI=1S/C24H43O24P/c25-1-5-9(28)12(31)15(34)22(43-5)47-19-10(29)6(2-26)44-23(16(19)35)48-20-11(30)8(4-41-49(38,39)40)45-24(17(20)36)46-18-7(3-27)42-21(37)14(33)13(18)32/h5-37H,1-4H2,(H2,38,39,40)/t5-,6-,7-,8-,9-,10+,11+,12+,13-,14+,15-,16-,17-,18-,19+,20+,21?,22+,23+,24+/m1/s1. The van der Waals surface area contributed by atoms with Crippen molar-refractivity contribution in [1.82, 2.24) is 0 Å². The minimum absolute atomic E-state index is 0.854. The minimum atomic E-state index is -5.21. The first-order chi connectivity index (χ1) is 22.9. The van der Waals surface area contributed by atoms with E-state index < -0.39 is 157 Å². The molecule has 4 rings (SSSR count). The Labute approximate surface area is 275 Å². The lowest BCUT2D eigenvalue weighted by Crippen LogP contribution is -2.67. The van der Waals surface area contributed by atoms with Crippen molar-refractivity contribution >= 4 is 7.82 Å². The first-order valence-corrected chi connectivity index (χ1v) is 16.4. The molecule has 288 valence electrons. The molecule has 0 saturated carbocycles. The molecule has 0 spiro atoms. The molecular formula is C24H43O24P. The first kappa shape index (κ1) is 41.1. The van der Waals surface area contributed by atoms with E-state index in [4.69, 9.17) is 33.2 Å². The van der Waals surface area contributed by atoms with E-state index in [2.05, 4.69) is 4.52 Å². The Morgan fingerprint density at radius 1 is 0.449 bits per heavy atom. The average molecular weight is 747 g/mol. The van der Waals surface area contributed by atoms with Crippen molar-refractivity contribution < 1.29 is 118 Å². The lowest BCUT2D eigenvalue weighted by Gasteiger charge is -2.49. The molecule has 25 heteroatoms. The third-order valence-corrected chi connectivity index (χ3v) is 8.92. The average Bonchev–Trinajstić information content (AvgIpc) is 3.05. The van der Waals surface area contributed by atoms with Gasteiger partial charge >= 0.3 is 7.82 Å². The number of phosphoric acid groups is 1. The largest absolute Gasteiger partial charge is 0.469 e. The van der Waals surface area contributed by atoms with E-state index >= 15 is 0 Å². The van der Waals surface area contributed by atoms with Crippen LogP contribution in [-0.4, -0.2) is 225 Å². The molecule has 4 aliphatic heterocycles. The van der Waals surface area contributed by atoms with Gasteiger partial charge in [-0.3, -0.25) is 4.52 Å². The maximum absolute atomic E-state index is 11.4. The van der Waals surface area contributed by atoms with E-state index in [9.17, 15) is 80.7 Å². The van der Waals surface area contributed by atoms with Crippen LogP contribution in [0.15, 0.2) is 0 Å². The Morgan fingerprint density at radius 3 is 1.37 bits per heavy atom. The van der Waals surface area contributed by atoms with Gasteiger partial charge in [-0.1, -0.05) is 0 Å². The second-order valence-electron chi connectivity index (χ2n) is 11.7. The number of aliphatic hydroxyl groups is 13. The maximum Gasteiger partial charge on any atom is 0.469 e. The summed E-state index contributed by atoms with van der Waals surface area (Å²) in [6, 6.07) is 0. The van der Waals surface area contributed by atoms with Crippen LogP contribution in [-0.2, 0) is 42.2 Å². The molecule has 0 amide bonds. The van der Waals surface area contributed by atoms with Crippen LogP contribution in [0.3, 0.4) is 0 Å². The van der Waals surface area contributed by atoms with Crippen molar-refractivity contribution in [1.29, 1.82) is 0 Å². The Hall–Kier alpha value is -0.690. The van der Waals surface area contributed by atoms with Gasteiger partial charge in [0.1, 0.15) is 97.7 Å². The monoisotopic (exact) mass is 746 g/mol. The van der Waals surface area contributed by atoms with E-state index in [-0.39, 0.29) is 0 Å². The molecule has 24 nitrogen and oxygen atoms in total. The van der Waals surface area contributed by atoms with Crippen LogP contribution in [0.1, 0.15) is 0 Å². The van der Waals surface area contributed by atoms with Crippen molar-refractivity contribution in [3.05, 3.63) is 0 Å². The summed E-state index contributed by atoms with van der Waals surface area (Å²) in [6.07, 6.45) is -38.3. The predicted octanol–water partition coefficient (Wildman–Crippen LogP) is -9.63. The molecule has 15 N–H and O–H groups in total. The summed E-state index contributed by atoms with van der Waals surface area (Å²) in [5.41, 5.74) is 0. The van der Waals surface area contributed by atoms with Crippen molar-refractivity contribution in [2.45, 2.75) is 123 Å². The summed E-state index contributed by atoms with van der Waals surface area (Å²) < 4.78 is 53.5. The van der Waals surface area contributed by atoms with Gasteiger partial charge in [0.2, 0.25) is 0 Å². The Balaban J connectivity index is 1.58. The number of rotatable bonds is 12. The summed E-state index contributed by atoms with van der Waals surface area (Å²) in [5, 5.41) is 134. The van der Waals surface area contributed by atoms with Crippen LogP contribution in [0, 0.1) is 0 Å². The predicted molar refractivity (Wildman–Crippen MR) is 145 cm³/mol. The molecule has 49 heavy (non-hydrogen) atoms. The number of ether oxygens (including phenoxy) is 7. The van der Waals surface area contributed by atoms with Gasteiger partial charge in [0.05, 0.1) is 26.4 Å². The highest BCUT2D eigenvalue weighted by molar-refractivity contribution is 7.46. The number of hydrogen-bond acceptors (Lipinski definition) is 22. The second-order valence-corrected chi connectivity index (χ2v) is 13.0. The molecule has 0 aromatic carbocycles. The number of aliphatic hydroxyl groups excluding tert-OH is 13. The molecule has 0 aromatic rings. The quantitative estimate of drug-likeness (QED) is 0.0824. The van der Waals surface area contributed by atoms with Gasteiger partial charge in [0, 0.05) is 0 Å². The zero-order valence-corrected chi connectivity index (χ0v) is 26.1. The Morgan fingerprint density at radius 2 is 0.878 bits per heavy atom. The smallest absolute Gasteiger partial charge is 0.394 e. The molecule has 20 atom stereocenters.